The van der Waals surface area contributed by atoms with Crippen LogP contribution in [-0.2, 0) is 4.79 Å². The molecule has 0 fully saturated rings. The molecule has 0 spiro atoms. The first-order valence-corrected chi connectivity index (χ1v) is 7.80. The van der Waals surface area contributed by atoms with E-state index in [1.807, 2.05) is 32.0 Å². The summed E-state index contributed by atoms with van der Waals surface area (Å²) in [4.78, 5) is 24.3. The van der Waals surface area contributed by atoms with Gasteiger partial charge in [-0.25, -0.2) is 0 Å². The Morgan fingerprint density at radius 1 is 0.880 bits per heavy atom. The van der Waals surface area contributed by atoms with Crippen molar-refractivity contribution in [2.24, 2.45) is 0 Å². The molecule has 132 valence electrons. The number of carbonyl (C=O) groups excluding carboxylic acids is 2. The lowest BCUT2D eigenvalue weighted by atomic mass is 10.1. The molecule has 0 aliphatic carbocycles. The molecule has 0 saturated carbocycles. The van der Waals surface area contributed by atoms with Crippen molar-refractivity contribution >= 4 is 17.5 Å². The van der Waals surface area contributed by atoms with Gasteiger partial charge in [-0.1, -0.05) is 6.07 Å². The van der Waals surface area contributed by atoms with Gasteiger partial charge in [0.05, 0.1) is 20.8 Å². The summed E-state index contributed by atoms with van der Waals surface area (Å²) in [6.07, 6.45) is 0. The van der Waals surface area contributed by atoms with Gasteiger partial charge in [-0.15, -0.1) is 0 Å². The Morgan fingerprint density at radius 3 is 1.96 bits per heavy atom. The fourth-order valence-electron chi connectivity index (χ4n) is 2.45. The van der Waals surface area contributed by atoms with Gasteiger partial charge in [0.15, 0.2) is 0 Å². The Bertz CT molecular complexity index is 744. The molecule has 0 aliphatic rings. The van der Waals surface area contributed by atoms with E-state index in [9.17, 15) is 9.59 Å². The summed E-state index contributed by atoms with van der Waals surface area (Å²) in [5, 5.41) is 5.36. The van der Waals surface area contributed by atoms with E-state index in [0.29, 0.717) is 22.7 Å². The molecule has 2 aromatic rings. The van der Waals surface area contributed by atoms with Crippen LogP contribution < -0.4 is 20.1 Å². The number of carbonyl (C=O) groups is 2. The largest absolute Gasteiger partial charge is 0.497 e. The molecule has 6 heteroatoms. The monoisotopic (exact) mass is 342 g/mol. The van der Waals surface area contributed by atoms with Crippen molar-refractivity contribution in [3.8, 4) is 11.5 Å². The van der Waals surface area contributed by atoms with E-state index in [1.165, 1.54) is 14.2 Å². The second-order valence-electron chi connectivity index (χ2n) is 5.71. The van der Waals surface area contributed by atoms with Crippen LogP contribution in [0.25, 0.3) is 0 Å². The molecule has 2 rings (SSSR count). The van der Waals surface area contributed by atoms with Gasteiger partial charge < -0.3 is 20.1 Å². The zero-order chi connectivity index (χ0) is 18.4. The van der Waals surface area contributed by atoms with E-state index < -0.39 is 0 Å². The molecule has 0 saturated heterocycles. The van der Waals surface area contributed by atoms with Gasteiger partial charge in [-0.05, 0) is 49.2 Å². The van der Waals surface area contributed by atoms with Gasteiger partial charge in [-0.2, -0.15) is 0 Å². The summed E-state index contributed by atoms with van der Waals surface area (Å²) >= 11 is 0. The topological polar surface area (TPSA) is 76.7 Å². The fraction of sp³-hybridized carbons (Fsp3) is 0.263. The first-order chi connectivity index (χ1) is 11.9. The highest BCUT2D eigenvalue weighted by Gasteiger charge is 2.11. The van der Waals surface area contributed by atoms with Gasteiger partial charge in [-0.3, -0.25) is 9.59 Å². The van der Waals surface area contributed by atoms with Crippen LogP contribution in [0.15, 0.2) is 36.4 Å². The maximum absolute atomic E-state index is 12.2. The molecule has 0 atom stereocenters. The van der Waals surface area contributed by atoms with Crippen molar-refractivity contribution in [2.45, 2.75) is 13.8 Å². The summed E-state index contributed by atoms with van der Waals surface area (Å²) in [6, 6.07) is 10.6. The maximum atomic E-state index is 12.2. The van der Waals surface area contributed by atoms with E-state index in [-0.39, 0.29) is 18.4 Å². The lowest BCUT2D eigenvalue weighted by Crippen LogP contribution is -2.32. The van der Waals surface area contributed by atoms with Crippen molar-refractivity contribution < 1.29 is 19.1 Å². The predicted molar refractivity (Wildman–Crippen MR) is 96.4 cm³/mol. The predicted octanol–water partition coefficient (Wildman–Crippen LogP) is 2.69. The molecule has 6 nitrogen and oxygen atoms in total. The van der Waals surface area contributed by atoms with Crippen LogP contribution >= 0.6 is 0 Å². The minimum atomic E-state index is -0.382. The van der Waals surface area contributed by atoms with E-state index in [4.69, 9.17) is 9.47 Å². The summed E-state index contributed by atoms with van der Waals surface area (Å²) < 4.78 is 10.3. The molecule has 0 bridgehead atoms. The number of ether oxygens (including phenoxy) is 2. The van der Waals surface area contributed by atoms with Crippen molar-refractivity contribution in [3.05, 3.63) is 53.1 Å². The molecule has 2 amide bonds. The number of amides is 2. The van der Waals surface area contributed by atoms with Gasteiger partial charge in [0.25, 0.3) is 5.91 Å². The Hall–Kier alpha value is -3.02. The Balaban J connectivity index is 1.98. The molecule has 25 heavy (non-hydrogen) atoms. The van der Waals surface area contributed by atoms with Crippen molar-refractivity contribution in [1.29, 1.82) is 0 Å². The number of nitrogens with one attached hydrogen (secondary N) is 2. The molecule has 0 radical (unpaired) electrons. The first-order valence-electron chi connectivity index (χ1n) is 7.80. The zero-order valence-electron chi connectivity index (χ0n) is 14.8. The minimum Gasteiger partial charge on any atom is -0.497 e. The van der Waals surface area contributed by atoms with E-state index >= 15 is 0 Å². The zero-order valence-corrected chi connectivity index (χ0v) is 14.8. The van der Waals surface area contributed by atoms with Gasteiger partial charge >= 0.3 is 0 Å². The fourth-order valence-corrected chi connectivity index (χ4v) is 2.45. The van der Waals surface area contributed by atoms with Gasteiger partial charge in [0.2, 0.25) is 5.91 Å². The first kappa shape index (κ1) is 18.3. The summed E-state index contributed by atoms with van der Waals surface area (Å²) in [5.41, 5.74) is 3.18. The Labute approximate surface area is 147 Å². The summed E-state index contributed by atoms with van der Waals surface area (Å²) in [5.74, 6) is 0.328. The molecule has 0 unspecified atom stereocenters. The number of aryl methyl sites for hydroxylation is 2. The third kappa shape index (κ3) is 5.24. The lowest BCUT2D eigenvalue weighted by molar-refractivity contribution is -0.115. The minimum absolute atomic E-state index is 0.134. The van der Waals surface area contributed by atoms with E-state index in [1.54, 1.807) is 18.2 Å². The standard InChI is InChI=1S/C19H22N2O4/c1-12-5-13(2)7-15(6-12)21-18(22)11-20-19(23)14-8-16(24-3)10-17(9-14)25-4/h5-10H,11H2,1-4H3,(H,20,23)(H,21,22). The summed E-state index contributed by atoms with van der Waals surface area (Å²) in [7, 11) is 3.02. The SMILES string of the molecule is COc1cc(OC)cc(C(=O)NCC(=O)Nc2cc(C)cc(C)c2)c1. The molecule has 0 aromatic heterocycles. The third-order valence-electron chi connectivity index (χ3n) is 3.53. The van der Waals surface area contributed by atoms with Crippen LogP contribution in [0.1, 0.15) is 21.5 Å². The van der Waals surface area contributed by atoms with Crippen LogP contribution in [0.5, 0.6) is 11.5 Å². The molecule has 2 aromatic carbocycles. The quantitative estimate of drug-likeness (QED) is 0.846. The average molecular weight is 342 g/mol. The molecule has 2 N–H and O–H groups in total. The van der Waals surface area contributed by atoms with Crippen molar-refractivity contribution in [3.63, 3.8) is 0 Å². The molecule has 0 heterocycles. The lowest BCUT2D eigenvalue weighted by Gasteiger charge is -2.10. The molecule has 0 aliphatic heterocycles. The van der Waals surface area contributed by atoms with Crippen LogP contribution in [0, 0.1) is 13.8 Å². The average Bonchev–Trinajstić information content (AvgIpc) is 2.58. The van der Waals surface area contributed by atoms with Crippen LogP contribution in [0.4, 0.5) is 5.69 Å². The molecular formula is C19H22N2O4. The highest BCUT2D eigenvalue weighted by molar-refractivity contribution is 5.99. The van der Waals surface area contributed by atoms with Crippen LogP contribution in [-0.4, -0.2) is 32.6 Å². The number of methoxy groups -OCH3 is 2. The van der Waals surface area contributed by atoms with Crippen molar-refractivity contribution in [1.82, 2.24) is 5.32 Å². The normalized spacial score (nSPS) is 10.1. The second kappa shape index (κ2) is 8.19. The number of benzene rings is 2. The number of hydrogen-bond acceptors (Lipinski definition) is 4. The van der Waals surface area contributed by atoms with Crippen LogP contribution in [0.3, 0.4) is 0 Å². The highest BCUT2D eigenvalue weighted by atomic mass is 16.5. The molecular weight excluding hydrogens is 320 g/mol. The summed E-state index contributed by atoms with van der Waals surface area (Å²) in [6.45, 7) is 3.78. The Kier molecular flexibility index (Phi) is 6.00. The number of hydrogen-bond donors (Lipinski definition) is 2. The second-order valence-corrected chi connectivity index (χ2v) is 5.71. The Morgan fingerprint density at radius 2 is 1.44 bits per heavy atom. The van der Waals surface area contributed by atoms with Gasteiger partial charge in [0.1, 0.15) is 11.5 Å². The number of rotatable bonds is 6. The smallest absolute Gasteiger partial charge is 0.251 e. The van der Waals surface area contributed by atoms with E-state index in [2.05, 4.69) is 10.6 Å². The maximum Gasteiger partial charge on any atom is 0.251 e. The third-order valence-corrected chi connectivity index (χ3v) is 3.53. The highest BCUT2D eigenvalue weighted by Crippen LogP contribution is 2.22. The van der Waals surface area contributed by atoms with E-state index in [0.717, 1.165) is 11.1 Å². The van der Waals surface area contributed by atoms with Crippen molar-refractivity contribution in [2.75, 3.05) is 26.1 Å². The van der Waals surface area contributed by atoms with Gasteiger partial charge in [0, 0.05) is 17.3 Å². The number of anilines is 1. The van der Waals surface area contributed by atoms with Crippen LogP contribution in [0.2, 0.25) is 0 Å².